The van der Waals surface area contributed by atoms with Crippen LogP contribution in [0, 0.1) is 5.82 Å². The highest BCUT2D eigenvalue weighted by molar-refractivity contribution is 5.99. The molecule has 0 amide bonds. The molecule has 31 heavy (non-hydrogen) atoms. The van der Waals surface area contributed by atoms with Crippen LogP contribution in [-0.2, 0) is 0 Å². The number of nitrogens with zero attached hydrogens (tertiary/aromatic N) is 5. The third kappa shape index (κ3) is 4.26. The van der Waals surface area contributed by atoms with Crippen molar-refractivity contribution in [3.8, 4) is 22.7 Å². The minimum Gasteiger partial charge on any atom is -0.497 e. The lowest BCUT2D eigenvalue weighted by Crippen LogP contribution is -2.21. The van der Waals surface area contributed by atoms with Gasteiger partial charge in [0.1, 0.15) is 17.4 Å². The number of likely N-dealkylation sites (N-methyl/N-ethyl adjacent to an activating group) is 1. The molecule has 160 valence electrons. The van der Waals surface area contributed by atoms with E-state index in [9.17, 15) is 4.39 Å². The van der Waals surface area contributed by atoms with Crippen LogP contribution in [-0.4, -0.2) is 58.9 Å². The molecule has 0 spiro atoms. The van der Waals surface area contributed by atoms with Crippen LogP contribution in [0.15, 0.2) is 48.5 Å². The normalized spacial score (nSPS) is 11.3. The van der Waals surface area contributed by atoms with E-state index in [2.05, 4.69) is 20.3 Å². The van der Waals surface area contributed by atoms with Gasteiger partial charge in [0.25, 0.3) is 0 Å². The highest BCUT2D eigenvalue weighted by atomic mass is 19.1. The first-order valence-electron chi connectivity index (χ1n) is 9.81. The van der Waals surface area contributed by atoms with Gasteiger partial charge < -0.3 is 20.7 Å². The largest absolute Gasteiger partial charge is 0.497 e. The monoisotopic (exact) mass is 421 g/mol. The molecule has 0 fully saturated rings. The van der Waals surface area contributed by atoms with Crippen molar-refractivity contribution in [1.82, 2.24) is 24.6 Å². The standard InChI is InChI=1S/C22H24FN7O/c1-29(2)13-12-25-22-26-19(14-4-10-17(31-3)11-5-14)18-20(24)30(28-21(18)27-22)16-8-6-15(23)7-9-16/h4-11H,12-13,24H2,1-3H3,(H,25,27,28). The number of hydrogen-bond acceptors (Lipinski definition) is 7. The van der Waals surface area contributed by atoms with Crippen LogP contribution in [0.5, 0.6) is 5.75 Å². The number of benzene rings is 2. The maximum Gasteiger partial charge on any atom is 0.225 e. The van der Waals surface area contributed by atoms with Gasteiger partial charge in [-0.05, 0) is 62.6 Å². The highest BCUT2D eigenvalue weighted by Gasteiger charge is 2.19. The number of hydrogen-bond donors (Lipinski definition) is 2. The maximum atomic E-state index is 13.4. The molecule has 3 N–H and O–H groups in total. The summed E-state index contributed by atoms with van der Waals surface area (Å²) in [5.41, 5.74) is 9.07. The van der Waals surface area contributed by atoms with E-state index in [4.69, 9.17) is 15.5 Å². The zero-order valence-corrected chi connectivity index (χ0v) is 17.6. The van der Waals surface area contributed by atoms with Crippen LogP contribution in [0.4, 0.5) is 16.2 Å². The summed E-state index contributed by atoms with van der Waals surface area (Å²) in [7, 11) is 5.62. The summed E-state index contributed by atoms with van der Waals surface area (Å²) >= 11 is 0. The second-order valence-corrected chi connectivity index (χ2v) is 7.33. The van der Waals surface area contributed by atoms with E-state index < -0.39 is 0 Å². The Balaban J connectivity index is 1.85. The number of nitrogen functional groups attached to an aromatic ring is 1. The molecule has 0 saturated heterocycles. The van der Waals surface area contributed by atoms with Crippen molar-refractivity contribution in [1.29, 1.82) is 0 Å². The number of halogens is 1. The Morgan fingerprint density at radius 3 is 2.42 bits per heavy atom. The van der Waals surface area contributed by atoms with E-state index in [-0.39, 0.29) is 5.82 Å². The molecule has 0 aliphatic carbocycles. The molecule has 0 bridgehead atoms. The molecule has 2 aromatic carbocycles. The summed E-state index contributed by atoms with van der Waals surface area (Å²) in [5, 5.41) is 8.46. The zero-order chi connectivity index (χ0) is 22.0. The first-order valence-corrected chi connectivity index (χ1v) is 9.81. The summed E-state index contributed by atoms with van der Waals surface area (Å²) in [6.45, 7) is 1.50. The van der Waals surface area contributed by atoms with Crippen molar-refractivity contribution in [2.45, 2.75) is 0 Å². The van der Waals surface area contributed by atoms with Crippen molar-refractivity contribution in [2.75, 3.05) is 45.3 Å². The van der Waals surface area contributed by atoms with Gasteiger partial charge in [-0.3, -0.25) is 0 Å². The second-order valence-electron chi connectivity index (χ2n) is 7.33. The van der Waals surface area contributed by atoms with Crippen LogP contribution in [0.25, 0.3) is 28.0 Å². The first-order chi connectivity index (χ1) is 15.0. The van der Waals surface area contributed by atoms with E-state index in [0.29, 0.717) is 40.7 Å². The fourth-order valence-corrected chi connectivity index (χ4v) is 3.22. The topological polar surface area (TPSA) is 94.1 Å². The van der Waals surface area contributed by atoms with E-state index >= 15 is 0 Å². The summed E-state index contributed by atoms with van der Waals surface area (Å²) in [6.07, 6.45) is 0. The van der Waals surface area contributed by atoms with Gasteiger partial charge in [0.2, 0.25) is 5.95 Å². The van der Waals surface area contributed by atoms with Crippen molar-refractivity contribution in [3.05, 3.63) is 54.3 Å². The van der Waals surface area contributed by atoms with E-state index in [0.717, 1.165) is 17.9 Å². The Hall–Kier alpha value is -3.72. The summed E-state index contributed by atoms with van der Waals surface area (Å²) in [4.78, 5) is 11.4. The number of anilines is 2. The molecule has 0 atom stereocenters. The van der Waals surface area contributed by atoms with E-state index in [1.165, 1.54) is 12.1 Å². The lowest BCUT2D eigenvalue weighted by atomic mass is 10.1. The smallest absolute Gasteiger partial charge is 0.225 e. The van der Waals surface area contributed by atoms with Crippen molar-refractivity contribution >= 4 is 22.8 Å². The van der Waals surface area contributed by atoms with Crippen molar-refractivity contribution in [3.63, 3.8) is 0 Å². The molecular weight excluding hydrogens is 397 g/mol. The van der Waals surface area contributed by atoms with Gasteiger partial charge in [0.15, 0.2) is 5.65 Å². The molecule has 8 nitrogen and oxygen atoms in total. The lowest BCUT2D eigenvalue weighted by Gasteiger charge is -2.11. The summed E-state index contributed by atoms with van der Waals surface area (Å²) in [5.74, 6) is 1.26. The van der Waals surface area contributed by atoms with Crippen LogP contribution >= 0.6 is 0 Å². The average molecular weight is 421 g/mol. The minimum absolute atomic E-state index is 0.329. The van der Waals surface area contributed by atoms with Crippen LogP contribution in [0.3, 0.4) is 0 Å². The molecule has 4 rings (SSSR count). The van der Waals surface area contributed by atoms with E-state index in [1.807, 2.05) is 38.4 Å². The first kappa shape index (κ1) is 20.5. The second kappa shape index (κ2) is 8.57. The van der Waals surface area contributed by atoms with Crippen LogP contribution < -0.4 is 15.8 Å². The molecular formula is C22H24FN7O. The number of fused-ring (bicyclic) bond motifs is 1. The van der Waals surface area contributed by atoms with E-state index in [1.54, 1.807) is 23.9 Å². The Labute approximate surface area is 179 Å². The number of nitrogens with two attached hydrogens (primary N) is 1. The van der Waals surface area contributed by atoms with Gasteiger partial charge in [-0.2, -0.15) is 4.98 Å². The Morgan fingerprint density at radius 2 is 1.77 bits per heavy atom. The van der Waals surface area contributed by atoms with Gasteiger partial charge >= 0.3 is 0 Å². The lowest BCUT2D eigenvalue weighted by molar-refractivity contribution is 0.415. The van der Waals surface area contributed by atoms with Crippen molar-refractivity contribution < 1.29 is 9.13 Å². The molecule has 0 aliphatic rings. The third-order valence-electron chi connectivity index (χ3n) is 4.85. The quantitative estimate of drug-likeness (QED) is 0.473. The van der Waals surface area contributed by atoms with Gasteiger partial charge in [-0.25, -0.2) is 14.1 Å². The summed E-state index contributed by atoms with van der Waals surface area (Å²) < 4.78 is 20.2. The summed E-state index contributed by atoms with van der Waals surface area (Å²) in [6, 6.07) is 13.5. The third-order valence-corrected chi connectivity index (χ3v) is 4.85. The minimum atomic E-state index is -0.329. The number of ether oxygens (including phenoxy) is 1. The predicted molar refractivity (Wildman–Crippen MR) is 120 cm³/mol. The van der Waals surface area contributed by atoms with Gasteiger partial charge in [0.05, 0.1) is 23.9 Å². The van der Waals surface area contributed by atoms with Gasteiger partial charge in [-0.15, -0.1) is 5.10 Å². The number of rotatable bonds is 7. The highest BCUT2D eigenvalue weighted by Crippen LogP contribution is 2.33. The number of aromatic nitrogens is 4. The SMILES string of the molecule is COc1ccc(-c2nc(NCCN(C)C)nc3nn(-c4ccc(F)cc4)c(N)c23)cc1. The Morgan fingerprint density at radius 1 is 1.06 bits per heavy atom. The molecule has 0 radical (unpaired) electrons. The molecule has 2 heterocycles. The van der Waals surface area contributed by atoms with Crippen LogP contribution in [0.1, 0.15) is 0 Å². The molecule has 2 aromatic heterocycles. The predicted octanol–water partition coefficient (Wildman–Crippen LogP) is 3.19. The number of nitrogens with one attached hydrogen (secondary N) is 1. The fourth-order valence-electron chi connectivity index (χ4n) is 3.22. The molecule has 0 saturated carbocycles. The fraction of sp³-hybridized carbons (Fsp3) is 0.227. The molecule has 4 aromatic rings. The van der Waals surface area contributed by atoms with Crippen molar-refractivity contribution in [2.24, 2.45) is 0 Å². The van der Waals surface area contributed by atoms with Gasteiger partial charge in [-0.1, -0.05) is 0 Å². The number of methoxy groups -OCH3 is 1. The van der Waals surface area contributed by atoms with Gasteiger partial charge in [0, 0.05) is 18.7 Å². The Bertz CT molecular complexity index is 1190. The Kier molecular flexibility index (Phi) is 5.68. The molecule has 0 aliphatic heterocycles. The molecule has 9 heteroatoms. The van der Waals surface area contributed by atoms with Crippen LogP contribution in [0.2, 0.25) is 0 Å². The zero-order valence-electron chi connectivity index (χ0n) is 17.6. The maximum absolute atomic E-state index is 13.4. The molecule has 0 unspecified atom stereocenters. The average Bonchev–Trinajstić information content (AvgIpc) is 3.10.